The molecule has 0 radical (unpaired) electrons. The molecule has 2 heterocycles. The van der Waals surface area contributed by atoms with Crippen LogP contribution in [0.3, 0.4) is 0 Å². The van der Waals surface area contributed by atoms with Gasteiger partial charge in [-0.25, -0.2) is 4.68 Å². The maximum atomic E-state index is 13.7. The van der Waals surface area contributed by atoms with Gasteiger partial charge in [0.1, 0.15) is 11.4 Å². The normalized spacial score (nSPS) is 14.5. The van der Waals surface area contributed by atoms with Crippen molar-refractivity contribution in [3.63, 3.8) is 0 Å². The van der Waals surface area contributed by atoms with Crippen LogP contribution in [0.5, 0.6) is 5.75 Å². The lowest BCUT2D eigenvalue weighted by Crippen LogP contribution is -2.40. The molecule has 3 aromatic rings. The predicted molar refractivity (Wildman–Crippen MR) is 131 cm³/mol. The minimum atomic E-state index is -0.0557. The molecule has 34 heavy (non-hydrogen) atoms. The lowest BCUT2D eigenvalue weighted by Gasteiger charge is -2.21. The monoisotopic (exact) mass is 461 g/mol. The Morgan fingerprint density at radius 3 is 2.62 bits per heavy atom. The lowest BCUT2D eigenvalue weighted by molar-refractivity contribution is -0.122. The van der Waals surface area contributed by atoms with E-state index in [1.165, 1.54) is 0 Å². The number of carbonyl (C=O) groups is 2. The molecule has 2 aromatic carbocycles. The van der Waals surface area contributed by atoms with Crippen LogP contribution in [0.4, 0.5) is 0 Å². The van der Waals surface area contributed by atoms with E-state index < -0.39 is 0 Å². The average Bonchev–Trinajstić information content (AvgIpc) is 3.19. The molecular formula is C26H31N5O3. The maximum Gasteiger partial charge on any atom is 0.257 e. The number of para-hydroxylation sites is 1. The smallest absolute Gasteiger partial charge is 0.257 e. The van der Waals surface area contributed by atoms with Gasteiger partial charge in [0, 0.05) is 44.5 Å². The summed E-state index contributed by atoms with van der Waals surface area (Å²) in [5, 5.41) is 7.63. The highest BCUT2D eigenvalue weighted by atomic mass is 16.5. The number of hydrogen-bond donors (Lipinski definition) is 1. The van der Waals surface area contributed by atoms with E-state index in [1.807, 2.05) is 72.6 Å². The summed E-state index contributed by atoms with van der Waals surface area (Å²) in [5.41, 5.74) is 2.88. The second-order valence-corrected chi connectivity index (χ2v) is 8.28. The minimum Gasteiger partial charge on any atom is -0.497 e. The molecule has 0 unspecified atom stereocenters. The number of benzene rings is 2. The van der Waals surface area contributed by atoms with Crippen molar-refractivity contribution >= 4 is 11.8 Å². The number of aromatic nitrogens is 2. The second-order valence-electron chi connectivity index (χ2n) is 8.28. The highest BCUT2D eigenvalue weighted by Gasteiger charge is 2.26. The van der Waals surface area contributed by atoms with Gasteiger partial charge in [0.25, 0.3) is 5.91 Å². The highest BCUT2D eigenvalue weighted by Crippen LogP contribution is 2.28. The Hall–Kier alpha value is -3.65. The van der Waals surface area contributed by atoms with Crippen molar-refractivity contribution in [2.75, 3.05) is 46.4 Å². The third-order valence-corrected chi connectivity index (χ3v) is 5.93. The summed E-state index contributed by atoms with van der Waals surface area (Å²) in [6.45, 7) is 5.53. The van der Waals surface area contributed by atoms with E-state index in [0.29, 0.717) is 49.7 Å². The first-order chi connectivity index (χ1) is 16.6. The Kier molecular flexibility index (Phi) is 7.59. The second kappa shape index (κ2) is 11.0. The molecule has 0 saturated carbocycles. The molecule has 8 nitrogen and oxygen atoms in total. The Labute approximate surface area is 200 Å². The van der Waals surface area contributed by atoms with Gasteiger partial charge in [0.05, 0.1) is 24.9 Å². The third-order valence-electron chi connectivity index (χ3n) is 5.93. The van der Waals surface area contributed by atoms with E-state index in [1.54, 1.807) is 11.8 Å². The Morgan fingerprint density at radius 2 is 1.85 bits per heavy atom. The molecule has 4 rings (SSSR count). The third kappa shape index (κ3) is 5.46. The van der Waals surface area contributed by atoms with Crippen LogP contribution in [-0.4, -0.2) is 77.8 Å². The van der Waals surface area contributed by atoms with Gasteiger partial charge in [-0.15, -0.1) is 0 Å². The SMILES string of the molecule is CCNC(=O)CN1CCCN(C(=O)c2cn(-c3ccccc3)nc2-c2cccc(OC)c2)CC1. The summed E-state index contributed by atoms with van der Waals surface area (Å²) < 4.78 is 7.14. The van der Waals surface area contributed by atoms with Crippen molar-refractivity contribution in [3.05, 3.63) is 66.4 Å². The largest absolute Gasteiger partial charge is 0.497 e. The van der Waals surface area contributed by atoms with Crippen LogP contribution in [0.25, 0.3) is 16.9 Å². The van der Waals surface area contributed by atoms with Crippen molar-refractivity contribution in [1.29, 1.82) is 0 Å². The van der Waals surface area contributed by atoms with Crippen LogP contribution in [0, 0.1) is 0 Å². The van der Waals surface area contributed by atoms with Crippen LogP contribution in [0.1, 0.15) is 23.7 Å². The van der Waals surface area contributed by atoms with E-state index in [4.69, 9.17) is 9.84 Å². The van der Waals surface area contributed by atoms with Gasteiger partial charge in [-0.05, 0) is 37.6 Å². The Bertz CT molecular complexity index is 1130. The molecule has 1 saturated heterocycles. The predicted octanol–water partition coefficient (Wildman–Crippen LogP) is 2.83. The average molecular weight is 462 g/mol. The zero-order valence-corrected chi connectivity index (χ0v) is 19.7. The minimum absolute atomic E-state index is 0.0201. The van der Waals surface area contributed by atoms with Gasteiger partial charge < -0.3 is 15.0 Å². The van der Waals surface area contributed by atoms with E-state index >= 15 is 0 Å². The zero-order valence-electron chi connectivity index (χ0n) is 19.7. The van der Waals surface area contributed by atoms with Gasteiger partial charge in [-0.2, -0.15) is 5.10 Å². The lowest BCUT2D eigenvalue weighted by atomic mass is 10.1. The fraction of sp³-hybridized carbons (Fsp3) is 0.346. The number of rotatable bonds is 7. The summed E-state index contributed by atoms with van der Waals surface area (Å²) >= 11 is 0. The van der Waals surface area contributed by atoms with Crippen molar-refractivity contribution in [2.24, 2.45) is 0 Å². The molecule has 1 N–H and O–H groups in total. The Balaban J connectivity index is 1.61. The first kappa shape index (κ1) is 23.5. The number of amides is 2. The summed E-state index contributed by atoms with van der Waals surface area (Å²) in [4.78, 5) is 29.7. The number of nitrogens with zero attached hydrogens (tertiary/aromatic N) is 4. The molecular weight excluding hydrogens is 430 g/mol. The first-order valence-electron chi connectivity index (χ1n) is 11.7. The molecule has 2 amide bonds. The van der Waals surface area contributed by atoms with Crippen molar-refractivity contribution in [3.8, 4) is 22.7 Å². The number of nitrogens with one attached hydrogen (secondary N) is 1. The molecule has 8 heteroatoms. The molecule has 1 fully saturated rings. The topological polar surface area (TPSA) is 79.7 Å². The number of ether oxygens (including phenoxy) is 1. The summed E-state index contributed by atoms with van der Waals surface area (Å²) in [7, 11) is 1.62. The van der Waals surface area contributed by atoms with E-state index in [-0.39, 0.29) is 11.8 Å². The standard InChI is InChI=1S/C26H31N5O3/c1-3-27-24(32)19-29-13-8-14-30(16-15-29)26(33)23-18-31(21-10-5-4-6-11-21)28-25(23)20-9-7-12-22(17-20)34-2/h4-7,9-12,17-18H,3,8,13-16,19H2,1-2H3,(H,27,32). The number of likely N-dealkylation sites (N-methyl/N-ethyl adjacent to an activating group) is 1. The van der Waals surface area contributed by atoms with Crippen LogP contribution in [0.2, 0.25) is 0 Å². The molecule has 0 aliphatic carbocycles. The van der Waals surface area contributed by atoms with Crippen molar-refractivity contribution in [2.45, 2.75) is 13.3 Å². The molecule has 1 aliphatic heterocycles. The van der Waals surface area contributed by atoms with E-state index in [2.05, 4.69) is 10.2 Å². The fourth-order valence-electron chi connectivity index (χ4n) is 4.19. The van der Waals surface area contributed by atoms with Gasteiger partial charge in [0.2, 0.25) is 5.91 Å². The van der Waals surface area contributed by atoms with Crippen LogP contribution in [-0.2, 0) is 4.79 Å². The van der Waals surface area contributed by atoms with Crippen LogP contribution < -0.4 is 10.1 Å². The summed E-state index contributed by atoms with van der Waals surface area (Å²) in [6.07, 6.45) is 2.62. The highest BCUT2D eigenvalue weighted by molar-refractivity contribution is 6.00. The van der Waals surface area contributed by atoms with E-state index in [9.17, 15) is 9.59 Å². The number of hydrogen-bond acceptors (Lipinski definition) is 5. The van der Waals surface area contributed by atoms with Crippen molar-refractivity contribution in [1.82, 2.24) is 24.9 Å². The summed E-state index contributed by atoms with van der Waals surface area (Å²) in [5.74, 6) is 0.674. The quantitative estimate of drug-likeness (QED) is 0.585. The first-order valence-corrected chi connectivity index (χ1v) is 11.7. The molecule has 0 bridgehead atoms. The molecule has 1 aromatic heterocycles. The molecule has 1 aliphatic rings. The maximum absolute atomic E-state index is 13.7. The Morgan fingerprint density at radius 1 is 1.03 bits per heavy atom. The van der Waals surface area contributed by atoms with Crippen LogP contribution in [0.15, 0.2) is 60.8 Å². The summed E-state index contributed by atoms with van der Waals surface area (Å²) in [6, 6.07) is 17.4. The molecule has 178 valence electrons. The van der Waals surface area contributed by atoms with Gasteiger partial charge in [-0.1, -0.05) is 30.3 Å². The van der Waals surface area contributed by atoms with Gasteiger partial charge >= 0.3 is 0 Å². The van der Waals surface area contributed by atoms with Gasteiger partial charge in [0.15, 0.2) is 0 Å². The number of methoxy groups -OCH3 is 1. The van der Waals surface area contributed by atoms with E-state index in [0.717, 1.165) is 24.2 Å². The van der Waals surface area contributed by atoms with Gasteiger partial charge in [-0.3, -0.25) is 14.5 Å². The molecule has 0 spiro atoms. The molecule has 0 atom stereocenters. The van der Waals surface area contributed by atoms with Crippen molar-refractivity contribution < 1.29 is 14.3 Å². The zero-order chi connectivity index (χ0) is 23.9. The van der Waals surface area contributed by atoms with Crippen LogP contribution >= 0.6 is 0 Å². The number of carbonyl (C=O) groups excluding carboxylic acids is 2. The fourth-order valence-corrected chi connectivity index (χ4v) is 4.19.